The number of rotatable bonds is 4. The number of sulfone groups is 1. The summed E-state index contributed by atoms with van der Waals surface area (Å²) in [6, 6.07) is 7.34. The molecule has 4 heteroatoms. The monoisotopic (exact) mass is 241 g/mol. The molecule has 0 aliphatic rings. The third-order valence-corrected chi connectivity index (χ3v) is 4.57. The number of hydrogen-bond acceptors (Lipinski definition) is 3. The molecule has 0 aliphatic heterocycles. The Bertz CT molecular complexity index is 454. The fourth-order valence-corrected chi connectivity index (χ4v) is 2.25. The lowest BCUT2D eigenvalue weighted by Gasteiger charge is -2.19. The van der Waals surface area contributed by atoms with Crippen molar-refractivity contribution in [1.82, 2.24) is 0 Å². The Morgan fingerprint density at radius 2 is 2.00 bits per heavy atom. The average molecular weight is 241 g/mol. The summed E-state index contributed by atoms with van der Waals surface area (Å²) in [5.74, 6) is 0. The Balaban J connectivity index is 3.00. The lowest BCUT2D eigenvalue weighted by Crippen LogP contribution is -2.30. The zero-order valence-corrected chi connectivity index (χ0v) is 10.8. The SMILES string of the molecule is CCc1cccc(C(N)C(C)S(C)(=O)=O)c1. The Kier molecular flexibility index (Phi) is 4.10. The van der Waals surface area contributed by atoms with Crippen molar-refractivity contribution in [3.05, 3.63) is 35.4 Å². The molecule has 2 N–H and O–H groups in total. The first-order valence-electron chi connectivity index (χ1n) is 5.39. The summed E-state index contributed by atoms with van der Waals surface area (Å²) in [6.07, 6.45) is 2.15. The highest BCUT2D eigenvalue weighted by molar-refractivity contribution is 7.91. The third kappa shape index (κ3) is 3.06. The van der Waals surface area contributed by atoms with Crippen molar-refractivity contribution in [2.75, 3.05) is 6.26 Å². The molecule has 0 bridgehead atoms. The van der Waals surface area contributed by atoms with Crippen molar-refractivity contribution in [3.63, 3.8) is 0 Å². The molecule has 0 aromatic heterocycles. The predicted molar refractivity (Wildman–Crippen MR) is 67.1 cm³/mol. The van der Waals surface area contributed by atoms with Crippen LogP contribution in [0.25, 0.3) is 0 Å². The molecule has 90 valence electrons. The van der Waals surface area contributed by atoms with Crippen LogP contribution in [-0.4, -0.2) is 19.9 Å². The van der Waals surface area contributed by atoms with E-state index < -0.39 is 21.1 Å². The van der Waals surface area contributed by atoms with E-state index in [1.807, 2.05) is 24.3 Å². The van der Waals surface area contributed by atoms with Gasteiger partial charge in [0.25, 0.3) is 0 Å². The molecule has 1 aromatic carbocycles. The fraction of sp³-hybridized carbons (Fsp3) is 0.500. The Morgan fingerprint density at radius 3 is 2.50 bits per heavy atom. The highest BCUT2D eigenvalue weighted by Crippen LogP contribution is 2.20. The van der Waals surface area contributed by atoms with Gasteiger partial charge in [-0.25, -0.2) is 8.42 Å². The predicted octanol–water partition coefficient (Wildman–Crippen LogP) is 1.68. The van der Waals surface area contributed by atoms with E-state index in [4.69, 9.17) is 5.73 Å². The average Bonchev–Trinajstić information content (AvgIpc) is 2.26. The molecule has 0 fully saturated rings. The van der Waals surface area contributed by atoms with Crippen molar-refractivity contribution in [2.24, 2.45) is 5.73 Å². The summed E-state index contributed by atoms with van der Waals surface area (Å²) in [4.78, 5) is 0. The highest BCUT2D eigenvalue weighted by Gasteiger charge is 2.23. The largest absolute Gasteiger partial charge is 0.323 e. The Labute approximate surface area is 97.6 Å². The summed E-state index contributed by atoms with van der Waals surface area (Å²) < 4.78 is 22.8. The second-order valence-corrected chi connectivity index (χ2v) is 6.56. The summed E-state index contributed by atoms with van der Waals surface area (Å²) in [5.41, 5.74) is 8.03. The molecule has 2 unspecified atom stereocenters. The van der Waals surface area contributed by atoms with E-state index in [1.165, 1.54) is 11.8 Å². The van der Waals surface area contributed by atoms with Crippen LogP contribution in [0.15, 0.2) is 24.3 Å². The van der Waals surface area contributed by atoms with Gasteiger partial charge in [0, 0.05) is 12.3 Å². The minimum absolute atomic E-state index is 0.457. The fourth-order valence-electron chi connectivity index (χ4n) is 1.56. The van der Waals surface area contributed by atoms with Gasteiger partial charge < -0.3 is 5.73 Å². The van der Waals surface area contributed by atoms with E-state index in [0.717, 1.165) is 12.0 Å². The molecule has 0 saturated heterocycles. The van der Waals surface area contributed by atoms with E-state index in [-0.39, 0.29) is 0 Å². The standard InChI is InChI=1S/C12H19NO2S/c1-4-10-6-5-7-11(8-10)12(13)9(2)16(3,14)15/h5-9,12H,4,13H2,1-3H3. The number of hydrogen-bond donors (Lipinski definition) is 1. The molecule has 0 amide bonds. The second kappa shape index (κ2) is 4.97. The minimum atomic E-state index is -3.09. The molecule has 0 saturated carbocycles. The zero-order chi connectivity index (χ0) is 12.3. The smallest absolute Gasteiger partial charge is 0.151 e. The van der Waals surface area contributed by atoms with Crippen molar-refractivity contribution in [1.29, 1.82) is 0 Å². The van der Waals surface area contributed by atoms with Crippen LogP contribution >= 0.6 is 0 Å². The topological polar surface area (TPSA) is 60.2 Å². The molecule has 3 nitrogen and oxygen atoms in total. The third-order valence-electron chi connectivity index (χ3n) is 2.93. The molecular weight excluding hydrogens is 222 g/mol. The molecule has 1 aromatic rings. The molecule has 0 radical (unpaired) electrons. The van der Waals surface area contributed by atoms with Gasteiger partial charge >= 0.3 is 0 Å². The van der Waals surface area contributed by atoms with E-state index in [9.17, 15) is 8.42 Å². The Morgan fingerprint density at radius 1 is 1.38 bits per heavy atom. The summed E-state index contributed by atoms with van der Waals surface area (Å²) in [5, 5.41) is -0.556. The molecule has 0 spiro atoms. The lowest BCUT2D eigenvalue weighted by molar-refractivity contribution is 0.570. The van der Waals surface area contributed by atoms with Gasteiger partial charge in [0.1, 0.15) is 0 Å². The summed E-state index contributed by atoms with van der Waals surface area (Å²) in [6.45, 7) is 3.71. The number of aryl methyl sites for hydroxylation is 1. The molecule has 1 rings (SSSR count). The summed E-state index contributed by atoms with van der Waals surface area (Å²) >= 11 is 0. The molecule has 2 atom stereocenters. The number of benzene rings is 1. The molecular formula is C12H19NO2S. The second-order valence-electron chi connectivity index (χ2n) is 4.16. The van der Waals surface area contributed by atoms with Gasteiger partial charge in [-0.05, 0) is 24.5 Å². The van der Waals surface area contributed by atoms with Crippen LogP contribution in [0.3, 0.4) is 0 Å². The van der Waals surface area contributed by atoms with Gasteiger partial charge in [-0.15, -0.1) is 0 Å². The zero-order valence-electron chi connectivity index (χ0n) is 9.97. The van der Waals surface area contributed by atoms with Crippen LogP contribution in [0, 0.1) is 0 Å². The van der Waals surface area contributed by atoms with Crippen LogP contribution in [0.5, 0.6) is 0 Å². The van der Waals surface area contributed by atoms with Crippen molar-refractivity contribution < 1.29 is 8.42 Å². The molecule has 0 heterocycles. The maximum Gasteiger partial charge on any atom is 0.151 e. The van der Waals surface area contributed by atoms with Crippen molar-refractivity contribution in [2.45, 2.75) is 31.6 Å². The lowest BCUT2D eigenvalue weighted by atomic mass is 10.0. The van der Waals surface area contributed by atoms with Crippen molar-refractivity contribution >= 4 is 9.84 Å². The molecule has 16 heavy (non-hydrogen) atoms. The summed E-state index contributed by atoms with van der Waals surface area (Å²) in [7, 11) is -3.09. The van der Waals surface area contributed by atoms with E-state index in [0.29, 0.717) is 0 Å². The first kappa shape index (κ1) is 13.2. The Hall–Kier alpha value is -0.870. The van der Waals surface area contributed by atoms with Gasteiger partial charge in [-0.2, -0.15) is 0 Å². The van der Waals surface area contributed by atoms with Crippen LogP contribution in [-0.2, 0) is 16.3 Å². The maximum absolute atomic E-state index is 11.4. The van der Waals surface area contributed by atoms with Gasteiger partial charge in [-0.3, -0.25) is 0 Å². The van der Waals surface area contributed by atoms with Gasteiger partial charge in [-0.1, -0.05) is 31.2 Å². The highest BCUT2D eigenvalue weighted by atomic mass is 32.2. The van der Waals surface area contributed by atoms with E-state index in [2.05, 4.69) is 6.92 Å². The van der Waals surface area contributed by atoms with Crippen LogP contribution in [0.4, 0.5) is 0 Å². The van der Waals surface area contributed by atoms with Crippen LogP contribution in [0.1, 0.15) is 31.0 Å². The van der Waals surface area contributed by atoms with E-state index in [1.54, 1.807) is 6.92 Å². The first-order valence-corrected chi connectivity index (χ1v) is 7.35. The van der Waals surface area contributed by atoms with Gasteiger partial charge in [0.05, 0.1) is 5.25 Å². The normalized spacial score (nSPS) is 15.8. The number of nitrogens with two attached hydrogens (primary N) is 1. The van der Waals surface area contributed by atoms with Gasteiger partial charge in [0.2, 0.25) is 0 Å². The van der Waals surface area contributed by atoms with Crippen molar-refractivity contribution in [3.8, 4) is 0 Å². The van der Waals surface area contributed by atoms with E-state index >= 15 is 0 Å². The molecule has 0 aliphatic carbocycles. The quantitative estimate of drug-likeness (QED) is 0.872. The van der Waals surface area contributed by atoms with Crippen LogP contribution in [0.2, 0.25) is 0 Å². The maximum atomic E-state index is 11.4. The first-order chi connectivity index (χ1) is 7.36. The minimum Gasteiger partial charge on any atom is -0.323 e. The van der Waals surface area contributed by atoms with Gasteiger partial charge in [0.15, 0.2) is 9.84 Å². The van der Waals surface area contributed by atoms with Crippen LogP contribution < -0.4 is 5.73 Å².